The number of hydrogen-bond acceptors (Lipinski definition) is 8. The summed E-state index contributed by atoms with van der Waals surface area (Å²) in [5, 5.41) is 10.9. The number of para-hydroxylation sites is 1. The van der Waals surface area contributed by atoms with Crippen molar-refractivity contribution in [1.29, 1.82) is 0 Å². The Morgan fingerprint density at radius 2 is 1.55 bits per heavy atom. The summed E-state index contributed by atoms with van der Waals surface area (Å²) < 4.78 is 11.5. The van der Waals surface area contributed by atoms with Gasteiger partial charge < -0.3 is 25.1 Å². The monoisotopic (exact) mass is 686 g/mol. The third-order valence-corrected chi connectivity index (χ3v) is 8.89. The van der Waals surface area contributed by atoms with Gasteiger partial charge in [-0.2, -0.15) is 0 Å². The number of carbonyl (C=O) groups is 3. The van der Waals surface area contributed by atoms with Crippen LogP contribution in [-0.4, -0.2) is 35.6 Å². The minimum Gasteiger partial charge on any atom is -0.496 e. The fourth-order valence-corrected chi connectivity index (χ4v) is 6.15. The van der Waals surface area contributed by atoms with Gasteiger partial charge in [0.15, 0.2) is 5.13 Å². The van der Waals surface area contributed by atoms with Crippen LogP contribution in [0.5, 0.6) is 5.75 Å². The topological polar surface area (TPSA) is 123 Å². The molecule has 244 valence electrons. The summed E-state index contributed by atoms with van der Waals surface area (Å²) in [6.45, 7) is 0. The van der Waals surface area contributed by atoms with Crippen LogP contribution in [-0.2, 0) is 9.59 Å². The number of amides is 3. The number of thiazole rings is 1. The zero-order valence-corrected chi connectivity index (χ0v) is 27.8. The molecule has 0 aliphatic rings. The van der Waals surface area contributed by atoms with Crippen molar-refractivity contribution in [3.8, 4) is 28.3 Å². The number of nitrogens with one attached hydrogen (secondary N) is 3. The molecular weight excluding hydrogens is 657 g/mol. The van der Waals surface area contributed by atoms with Crippen molar-refractivity contribution in [3.05, 3.63) is 144 Å². The van der Waals surface area contributed by atoms with Crippen molar-refractivity contribution in [2.75, 3.05) is 23.5 Å². The molecule has 0 aliphatic carbocycles. The van der Waals surface area contributed by atoms with E-state index in [1.807, 2.05) is 72.1 Å². The number of furan rings is 1. The molecule has 0 spiro atoms. The Morgan fingerprint density at radius 3 is 2.31 bits per heavy atom. The van der Waals surface area contributed by atoms with E-state index in [2.05, 4.69) is 20.9 Å². The summed E-state index contributed by atoms with van der Waals surface area (Å²) in [5.41, 5.74) is 3.44. The van der Waals surface area contributed by atoms with Crippen molar-refractivity contribution in [2.45, 2.75) is 4.90 Å². The van der Waals surface area contributed by atoms with E-state index in [0.29, 0.717) is 33.7 Å². The molecule has 0 bridgehead atoms. The maximum atomic E-state index is 13.5. The summed E-state index contributed by atoms with van der Waals surface area (Å²) in [7, 11) is 1.58. The van der Waals surface area contributed by atoms with E-state index in [0.717, 1.165) is 21.7 Å². The van der Waals surface area contributed by atoms with Crippen LogP contribution in [0.15, 0.2) is 142 Å². The van der Waals surface area contributed by atoms with Crippen LogP contribution in [0.4, 0.5) is 10.8 Å². The maximum Gasteiger partial charge on any atom is 0.272 e. The molecule has 0 unspecified atom stereocenters. The predicted octanol–water partition coefficient (Wildman–Crippen LogP) is 8.22. The van der Waals surface area contributed by atoms with Gasteiger partial charge in [0.2, 0.25) is 5.91 Å². The Hall–Kier alpha value is -5.91. The highest BCUT2D eigenvalue weighted by Gasteiger charge is 2.17. The lowest BCUT2D eigenvalue weighted by Crippen LogP contribution is -2.30. The number of ether oxygens (including phenoxy) is 1. The van der Waals surface area contributed by atoms with Crippen molar-refractivity contribution in [1.82, 2.24) is 10.3 Å². The molecule has 0 fully saturated rings. The highest BCUT2D eigenvalue weighted by Crippen LogP contribution is 2.31. The molecule has 3 amide bonds. The van der Waals surface area contributed by atoms with Crippen LogP contribution in [0.25, 0.3) is 28.7 Å². The van der Waals surface area contributed by atoms with Gasteiger partial charge in [-0.15, -0.1) is 23.1 Å². The van der Waals surface area contributed by atoms with Crippen LogP contribution >= 0.6 is 23.1 Å². The van der Waals surface area contributed by atoms with Gasteiger partial charge in [-0.25, -0.2) is 4.98 Å². The summed E-state index contributed by atoms with van der Waals surface area (Å²) in [6, 6.07) is 36.4. The Kier molecular flexibility index (Phi) is 10.6. The first-order valence-corrected chi connectivity index (χ1v) is 17.0. The van der Waals surface area contributed by atoms with E-state index in [1.165, 1.54) is 29.2 Å². The van der Waals surface area contributed by atoms with Gasteiger partial charge in [0.25, 0.3) is 11.8 Å². The highest BCUT2D eigenvalue weighted by molar-refractivity contribution is 8.00. The van der Waals surface area contributed by atoms with Crippen LogP contribution in [0.3, 0.4) is 0 Å². The van der Waals surface area contributed by atoms with Gasteiger partial charge in [0, 0.05) is 33.2 Å². The molecule has 0 aliphatic heterocycles. The molecule has 4 aromatic carbocycles. The van der Waals surface area contributed by atoms with E-state index in [9.17, 15) is 14.4 Å². The van der Waals surface area contributed by atoms with Crippen LogP contribution in [0.2, 0.25) is 0 Å². The molecule has 2 heterocycles. The zero-order valence-electron chi connectivity index (χ0n) is 26.2. The number of thioether (sulfide) groups is 1. The molecule has 6 aromatic rings. The van der Waals surface area contributed by atoms with Crippen LogP contribution in [0.1, 0.15) is 16.1 Å². The number of hydrogen-bond donors (Lipinski definition) is 3. The largest absolute Gasteiger partial charge is 0.496 e. The summed E-state index contributed by atoms with van der Waals surface area (Å²) in [6.07, 6.45) is 1.48. The highest BCUT2D eigenvalue weighted by atomic mass is 32.2. The molecule has 9 nitrogen and oxygen atoms in total. The Labute approximate surface area is 291 Å². The normalized spacial score (nSPS) is 11.1. The number of methoxy groups -OCH3 is 1. The number of aromatic nitrogens is 1. The van der Waals surface area contributed by atoms with Crippen molar-refractivity contribution in [2.24, 2.45) is 0 Å². The number of nitrogens with zero attached hydrogens (tertiary/aromatic N) is 1. The first-order valence-electron chi connectivity index (χ1n) is 15.1. The van der Waals surface area contributed by atoms with E-state index < -0.39 is 11.8 Å². The summed E-state index contributed by atoms with van der Waals surface area (Å²) >= 11 is 2.73. The summed E-state index contributed by atoms with van der Waals surface area (Å²) in [4.78, 5) is 44.5. The van der Waals surface area contributed by atoms with E-state index in [1.54, 1.807) is 61.7 Å². The van der Waals surface area contributed by atoms with Gasteiger partial charge in [-0.3, -0.25) is 14.4 Å². The number of rotatable bonds is 12. The van der Waals surface area contributed by atoms with Crippen molar-refractivity contribution < 1.29 is 23.5 Å². The number of carbonyl (C=O) groups excluding carboxylic acids is 3. The maximum absolute atomic E-state index is 13.5. The fraction of sp³-hybridized carbons (Fsp3) is 0.0526. The Bertz CT molecular complexity index is 2090. The van der Waals surface area contributed by atoms with E-state index >= 15 is 0 Å². The number of anilines is 2. The van der Waals surface area contributed by atoms with Gasteiger partial charge in [0.05, 0.1) is 24.1 Å². The molecule has 0 saturated carbocycles. The molecular formula is C38H30N4O5S2. The zero-order chi connectivity index (χ0) is 34.0. The van der Waals surface area contributed by atoms with E-state index in [4.69, 9.17) is 9.15 Å². The second-order valence-corrected chi connectivity index (χ2v) is 12.4. The second kappa shape index (κ2) is 15.8. The first kappa shape index (κ1) is 33.0. The standard InChI is InChI=1S/C38H30N4O5S2/c1-46-33-15-9-8-14-30(33)34-21-18-28(47-34)22-31(40-36(44)26-12-6-3-7-13-26)37(45)39-27-16-19-29(20-17-27)48-24-35(43)42-38-41-32(23-49-38)25-10-4-2-5-11-25/h2-23H,24H2,1H3,(H,39,45)(H,40,44)(H,41,42,43)/b31-22-. The van der Waals surface area contributed by atoms with E-state index in [-0.39, 0.29) is 17.4 Å². The smallest absolute Gasteiger partial charge is 0.272 e. The van der Waals surface area contributed by atoms with Crippen molar-refractivity contribution in [3.63, 3.8) is 0 Å². The summed E-state index contributed by atoms with van der Waals surface area (Å²) in [5.74, 6) is 0.565. The third kappa shape index (κ3) is 8.72. The molecule has 2 aromatic heterocycles. The quantitative estimate of drug-likeness (QED) is 0.0876. The lowest BCUT2D eigenvalue weighted by atomic mass is 10.1. The van der Waals surface area contributed by atoms with Gasteiger partial charge in [0.1, 0.15) is 23.0 Å². The second-order valence-electron chi connectivity index (χ2n) is 10.5. The molecule has 3 N–H and O–H groups in total. The molecule has 11 heteroatoms. The molecule has 49 heavy (non-hydrogen) atoms. The van der Waals surface area contributed by atoms with Gasteiger partial charge in [-0.1, -0.05) is 60.7 Å². The van der Waals surface area contributed by atoms with Crippen LogP contribution < -0.4 is 20.7 Å². The Balaban J connectivity index is 1.10. The molecule has 6 rings (SSSR count). The predicted molar refractivity (Wildman–Crippen MR) is 195 cm³/mol. The Morgan fingerprint density at radius 1 is 0.837 bits per heavy atom. The minimum absolute atomic E-state index is 0.0116. The lowest BCUT2D eigenvalue weighted by Gasteiger charge is -2.11. The third-order valence-electron chi connectivity index (χ3n) is 7.12. The van der Waals surface area contributed by atoms with Crippen molar-refractivity contribution >= 4 is 57.7 Å². The van der Waals surface area contributed by atoms with Gasteiger partial charge >= 0.3 is 0 Å². The fourth-order valence-electron chi connectivity index (χ4n) is 4.72. The molecule has 0 saturated heterocycles. The average Bonchev–Trinajstić information content (AvgIpc) is 3.82. The molecule has 0 radical (unpaired) electrons. The van der Waals surface area contributed by atoms with Crippen LogP contribution in [0, 0.1) is 0 Å². The van der Waals surface area contributed by atoms with Gasteiger partial charge in [-0.05, 0) is 60.7 Å². The molecule has 0 atom stereocenters. The lowest BCUT2D eigenvalue weighted by molar-refractivity contribution is -0.114. The minimum atomic E-state index is -0.544. The number of benzene rings is 4. The first-order chi connectivity index (χ1) is 23.9. The SMILES string of the molecule is COc1ccccc1-c1ccc(/C=C(\NC(=O)c2ccccc2)C(=O)Nc2ccc(SCC(=O)Nc3nc(-c4ccccc4)cs3)cc2)o1. The average molecular weight is 687 g/mol.